The summed E-state index contributed by atoms with van der Waals surface area (Å²) >= 11 is 2.23. The van der Waals surface area contributed by atoms with Gasteiger partial charge in [-0.1, -0.05) is 6.07 Å². The van der Waals surface area contributed by atoms with Gasteiger partial charge in [-0.2, -0.15) is 5.10 Å². The van der Waals surface area contributed by atoms with Gasteiger partial charge < -0.3 is 10.4 Å². The lowest BCUT2D eigenvalue weighted by atomic mass is 9.91. The summed E-state index contributed by atoms with van der Waals surface area (Å²) in [6.45, 7) is 0. The number of H-pyrrole nitrogens is 1. The van der Waals surface area contributed by atoms with Gasteiger partial charge in [0.25, 0.3) is 0 Å². The third-order valence-electron chi connectivity index (χ3n) is 5.03. The van der Waals surface area contributed by atoms with Crippen LogP contribution < -0.4 is 5.32 Å². The van der Waals surface area contributed by atoms with Crippen LogP contribution in [-0.4, -0.2) is 21.2 Å². The van der Waals surface area contributed by atoms with Crippen molar-refractivity contribution in [3.63, 3.8) is 0 Å². The van der Waals surface area contributed by atoms with Crippen LogP contribution in [0.3, 0.4) is 0 Å². The highest BCUT2D eigenvalue weighted by Gasteiger charge is 2.65. The topological polar surface area (TPSA) is 78.0 Å². The molecule has 1 amide bonds. The van der Waals surface area contributed by atoms with Gasteiger partial charge >= 0.3 is 0 Å². The summed E-state index contributed by atoms with van der Waals surface area (Å²) < 4.78 is 1.02. The van der Waals surface area contributed by atoms with Crippen molar-refractivity contribution in [3.8, 4) is 5.75 Å². The largest absolute Gasteiger partial charge is 0.508 e. The molecule has 2 aromatic carbocycles. The Kier molecular flexibility index (Phi) is 2.47. The third kappa shape index (κ3) is 1.67. The first-order valence-electron chi connectivity index (χ1n) is 7.38. The fraction of sp³-hybridized carbons (Fsp3) is 0.176. The number of nitrogens with one attached hydrogen (secondary N) is 2. The third-order valence-corrected chi connectivity index (χ3v) is 5.86. The fourth-order valence-electron chi connectivity index (χ4n) is 3.79. The van der Waals surface area contributed by atoms with Crippen LogP contribution in [0.4, 0.5) is 5.69 Å². The number of anilines is 1. The molecule has 2 heterocycles. The molecule has 1 aliphatic heterocycles. The molecule has 2 aliphatic rings. The number of nitrogens with zero attached hydrogens (tertiary/aromatic N) is 1. The van der Waals surface area contributed by atoms with Crippen LogP contribution in [-0.2, 0) is 10.2 Å². The van der Waals surface area contributed by atoms with E-state index in [2.05, 4.69) is 56.3 Å². The number of rotatable bonds is 1. The van der Waals surface area contributed by atoms with Gasteiger partial charge in [0.2, 0.25) is 5.91 Å². The Morgan fingerprint density at radius 3 is 3.00 bits per heavy atom. The SMILES string of the molecule is O=C1Nc2ccc(O)cc2[C@]12C[C@H]2c1ccc2c(I)[nH]nc2c1. The number of phenolic OH excluding ortho intramolecular Hbond substituents is 1. The highest BCUT2D eigenvalue weighted by molar-refractivity contribution is 14.1. The number of aromatic amines is 1. The Morgan fingerprint density at radius 2 is 2.13 bits per heavy atom. The first kappa shape index (κ1) is 13.4. The van der Waals surface area contributed by atoms with E-state index in [4.69, 9.17) is 0 Å². The predicted molar refractivity (Wildman–Crippen MR) is 94.6 cm³/mol. The maximum atomic E-state index is 12.6. The minimum atomic E-state index is -0.536. The van der Waals surface area contributed by atoms with E-state index in [-0.39, 0.29) is 17.6 Å². The Hall–Kier alpha value is -2.09. The number of carbonyl (C=O) groups is 1. The van der Waals surface area contributed by atoms with Crippen molar-refractivity contribution in [2.45, 2.75) is 17.8 Å². The number of hydrogen-bond acceptors (Lipinski definition) is 3. The summed E-state index contributed by atoms with van der Waals surface area (Å²) in [6, 6.07) is 11.3. The van der Waals surface area contributed by atoms with Crippen LogP contribution in [0.15, 0.2) is 36.4 Å². The highest BCUT2D eigenvalue weighted by Crippen LogP contribution is 2.65. The first-order valence-corrected chi connectivity index (χ1v) is 8.46. The summed E-state index contributed by atoms with van der Waals surface area (Å²) in [6.07, 6.45) is 0.766. The van der Waals surface area contributed by atoms with Gasteiger partial charge in [0.15, 0.2) is 0 Å². The van der Waals surface area contributed by atoms with Crippen molar-refractivity contribution in [1.29, 1.82) is 0 Å². The zero-order chi connectivity index (χ0) is 15.8. The average molecular weight is 417 g/mol. The van der Waals surface area contributed by atoms with E-state index in [0.717, 1.165) is 37.8 Å². The number of amides is 1. The molecule has 1 fully saturated rings. The Balaban J connectivity index is 1.62. The van der Waals surface area contributed by atoms with Crippen molar-refractivity contribution >= 4 is 45.1 Å². The molecule has 3 N–H and O–H groups in total. The second-order valence-electron chi connectivity index (χ2n) is 6.23. The predicted octanol–water partition coefficient (Wildman–Crippen LogP) is 3.25. The lowest BCUT2D eigenvalue weighted by Crippen LogP contribution is -2.20. The van der Waals surface area contributed by atoms with E-state index < -0.39 is 5.41 Å². The Bertz CT molecular complexity index is 997. The molecule has 23 heavy (non-hydrogen) atoms. The number of carbonyl (C=O) groups excluding carboxylic acids is 1. The van der Waals surface area contributed by atoms with Crippen LogP contribution in [0.5, 0.6) is 5.75 Å². The maximum absolute atomic E-state index is 12.6. The smallest absolute Gasteiger partial charge is 0.235 e. The number of aromatic nitrogens is 2. The van der Waals surface area contributed by atoms with Crippen molar-refractivity contribution in [3.05, 3.63) is 51.2 Å². The van der Waals surface area contributed by atoms with Crippen molar-refractivity contribution < 1.29 is 9.90 Å². The first-order chi connectivity index (χ1) is 11.1. The molecule has 2 atom stereocenters. The average Bonchev–Trinajstić information content (AvgIpc) is 3.12. The molecular formula is C17H12IN3O2. The molecule has 3 aromatic rings. The lowest BCUT2D eigenvalue weighted by Gasteiger charge is -2.09. The fourth-order valence-corrected chi connectivity index (χ4v) is 4.37. The highest BCUT2D eigenvalue weighted by atomic mass is 127. The summed E-state index contributed by atoms with van der Waals surface area (Å²) in [4.78, 5) is 12.6. The van der Waals surface area contributed by atoms with Gasteiger partial charge in [0.05, 0.1) is 10.9 Å². The van der Waals surface area contributed by atoms with Gasteiger partial charge in [-0.3, -0.25) is 9.89 Å². The molecule has 0 bridgehead atoms. The zero-order valence-electron chi connectivity index (χ0n) is 11.9. The lowest BCUT2D eigenvalue weighted by molar-refractivity contribution is -0.118. The monoisotopic (exact) mass is 417 g/mol. The molecule has 1 aromatic heterocycles. The number of phenols is 1. The number of fused-ring (bicyclic) bond motifs is 3. The number of halogens is 1. The van der Waals surface area contributed by atoms with Gasteiger partial charge in [0.1, 0.15) is 9.45 Å². The normalized spacial score (nSPS) is 24.9. The zero-order valence-corrected chi connectivity index (χ0v) is 14.1. The minimum Gasteiger partial charge on any atom is -0.508 e. The quantitative estimate of drug-likeness (QED) is 0.420. The van der Waals surface area contributed by atoms with Gasteiger partial charge in [0, 0.05) is 17.0 Å². The van der Waals surface area contributed by atoms with E-state index in [1.807, 2.05) is 0 Å². The molecule has 1 saturated carbocycles. The van der Waals surface area contributed by atoms with E-state index in [1.165, 1.54) is 0 Å². The molecule has 5 rings (SSSR count). The summed E-state index contributed by atoms with van der Waals surface area (Å²) in [7, 11) is 0. The molecule has 114 valence electrons. The number of benzene rings is 2. The van der Waals surface area contributed by atoms with Crippen LogP contribution in [0.1, 0.15) is 23.5 Å². The summed E-state index contributed by atoms with van der Waals surface area (Å²) in [5.74, 6) is 0.353. The van der Waals surface area contributed by atoms with E-state index >= 15 is 0 Å². The second kappa shape index (κ2) is 4.25. The van der Waals surface area contributed by atoms with Crippen molar-refractivity contribution in [1.82, 2.24) is 10.2 Å². The number of aromatic hydroxyl groups is 1. The van der Waals surface area contributed by atoms with Crippen LogP contribution in [0.25, 0.3) is 10.9 Å². The van der Waals surface area contributed by atoms with Crippen LogP contribution >= 0.6 is 22.6 Å². The van der Waals surface area contributed by atoms with Gasteiger partial charge in [-0.15, -0.1) is 0 Å². The Labute approximate surface area is 145 Å². The van der Waals surface area contributed by atoms with Crippen molar-refractivity contribution in [2.24, 2.45) is 0 Å². The number of hydrogen-bond donors (Lipinski definition) is 3. The maximum Gasteiger partial charge on any atom is 0.235 e. The molecule has 1 aliphatic carbocycles. The van der Waals surface area contributed by atoms with E-state index in [0.29, 0.717) is 0 Å². The second-order valence-corrected chi connectivity index (χ2v) is 7.30. The van der Waals surface area contributed by atoms with Gasteiger partial charge in [-0.25, -0.2) is 0 Å². The molecule has 0 saturated heterocycles. The summed E-state index contributed by atoms with van der Waals surface area (Å²) in [5, 5.41) is 21.1. The van der Waals surface area contributed by atoms with Crippen LogP contribution in [0, 0.1) is 3.70 Å². The van der Waals surface area contributed by atoms with E-state index in [1.54, 1.807) is 18.2 Å². The molecule has 0 radical (unpaired) electrons. The van der Waals surface area contributed by atoms with Gasteiger partial charge in [-0.05, 0) is 70.5 Å². The molecule has 1 spiro atoms. The van der Waals surface area contributed by atoms with Crippen molar-refractivity contribution in [2.75, 3.05) is 5.32 Å². The molecule has 0 unspecified atom stereocenters. The summed E-state index contributed by atoms with van der Waals surface area (Å²) in [5.41, 5.74) is 3.22. The standard InChI is InChI=1S/C17H12IN3O2/c18-15-10-3-1-8(5-14(10)20-21-15)12-7-17(12)11-6-9(22)2-4-13(11)19-16(17)23/h1-6,12,22H,7H2,(H,19,23)(H,20,21)/t12-,17-/m0/s1. The van der Waals surface area contributed by atoms with E-state index in [9.17, 15) is 9.90 Å². The Morgan fingerprint density at radius 1 is 1.26 bits per heavy atom. The molecular weight excluding hydrogens is 405 g/mol. The minimum absolute atomic E-state index is 0.0276. The molecule has 6 heteroatoms. The molecule has 5 nitrogen and oxygen atoms in total. The van der Waals surface area contributed by atoms with Crippen LogP contribution in [0.2, 0.25) is 0 Å².